The van der Waals surface area contributed by atoms with Gasteiger partial charge in [0.25, 0.3) is 10.0 Å². The Labute approximate surface area is 216 Å². The van der Waals surface area contributed by atoms with Gasteiger partial charge in [0.1, 0.15) is 23.2 Å². The largest absolute Gasteiger partial charge is 0.454 e. The minimum absolute atomic E-state index is 0.0943. The molecule has 0 bridgehead atoms. The fourth-order valence-corrected chi connectivity index (χ4v) is 7.17. The van der Waals surface area contributed by atoms with E-state index in [4.69, 9.17) is 10.00 Å². The maximum Gasteiger partial charge on any atom is 0.268 e. The highest BCUT2D eigenvalue weighted by Gasteiger charge is 2.33. The Hall–Kier alpha value is -3.86. The van der Waals surface area contributed by atoms with Crippen molar-refractivity contribution in [3.05, 3.63) is 89.4 Å². The Balaban J connectivity index is 1.75. The zero-order valence-electron chi connectivity index (χ0n) is 19.4. The van der Waals surface area contributed by atoms with Crippen molar-refractivity contribution in [2.45, 2.75) is 17.9 Å². The van der Waals surface area contributed by atoms with Gasteiger partial charge in [-0.15, -0.1) is 0 Å². The van der Waals surface area contributed by atoms with E-state index in [9.17, 15) is 21.2 Å². The maximum absolute atomic E-state index is 15.6. The van der Waals surface area contributed by atoms with Gasteiger partial charge in [-0.1, -0.05) is 18.2 Å². The molecule has 0 radical (unpaired) electrons. The average molecular weight is 562 g/mol. The predicted octanol–water partition coefficient (Wildman–Crippen LogP) is 4.50. The molecule has 196 valence electrons. The number of benzene rings is 3. The first kappa shape index (κ1) is 25.8. The molecule has 1 fully saturated rings. The first-order chi connectivity index (χ1) is 18.0. The number of sulfonamides is 1. The predicted molar refractivity (Wildman–Crippen MR) is 131 cm³/mol. The summed E-state index contributed by atoms with van der Waals surface area (Å²) >= 11 is 0. The van der Waals surface area contributed by atoms with E-state index in [-0.39, 0.29) is 33.9 Å². The van der Waals surface area contributed by atoms with Crippen LogP contribution in [-0.4, -0.2) is 37.4 Å². The van der Waals surface area contributed by atoms with E-state index in [0.29, 0.717) is 10.4 Å². The zero-order valence-corrected chi connectivity index (χ0v) is 21.1. The van der Waals surface area contributed by atoms with Crippen molar-refractivity contribution in [1.82, 2.24) is 8.28 Å². The Kier molecular flexibility index (Phi) is 6.42. The lowest BCUT2D eigenvalue weighted by molar-refractivity contribution is 0.394. The number of hydrogen-bond donors (Lipinski definition) is 0. The van der Waals surface area contributed by atoms with Crippen LogP contribution in [0.3, 0.4) is 0 Å². The fraction of sp³-hybridized carbons (Fsp3) is 0.160. The second-order valence-corrected chi connectivity index (χ2v) is 12.4. The normalized spacial score (nSPS) is 15.5. The van der Waals surface area contributed by atoms with Crippen LogP contribution in [0.1, 0.15) is 17.5 Å². The molecule has 13 heteroatoms. The summed E-state index contributed by atoms with van der Waals surface area (Å²) in [6.07, 6.45) is 1.37. The molecule has 0 spiro atoms. The lowest BCUT2D eigenvalue weighted by Gasteiger charge is -2.20. The van der Waals surface area contributed by atoms with E-state index in [1.54, 1.807) is 12.1 Å². The van der Waals surface area contributed by atoms with E-state index in [0.717, 1.165) is 28.7 Å². The van der Waals surface area contributed by atoms with Crippen LogP contribution in [0.5, 0.6) is 11.5 Å². The van der Waals surface area contributed by atoms with Gasteiger partial charge in [-0.05, 0) is 36.8 Å². The summed E-state index contributed by atoms with van der Waals surface area (Å²) in [5.41, 5.74) is -1.16. The molecule has 4 aromatic rings. The molecule has 1 aliphatic heterocycles. The number of nitrogens with zero attached hydrogens (tertiary/aromatic N) is 3. The van der Waals surface area contributed by atoms with Gasteiger partial charge in [0.05, 0.1) is 16.2 Å². The molecule has 0 atom stereocenters. The van der Waals surface area contributed by atoms with Crippen LogP contribution in [0.25, 0.3) is 10.9 Å². The number of hydrogen-bond acceptors (Lipinski definition) is 6. The third-order valence-corrected chi connectivity index (χ3v) is 9.76. The molecule has 0 N–H and O–H groups in total. The van der Waals surface area contributed by atoms with Crippen LogP contribution >= 0.6 is 0 Å². The molecule has 1 aromatic heterocycles. The van der Waals surface area contributed by atoms with Crippen molar-refractivity contribution >= 4 is 30.9 Å². The number of nitriles is 1. The lowest BCUT2D eigenvalue weighted by atomic mass is 10.1. The summed E-state index contributed by atoms with van der Waals surface area (Å²) in [6, 6.07) is 13.0. The second-order valence-electron chi connectivity index (χ2n) is 8.49. The summed E-state index contributed by atoms with van der Waals surface area (Å²) in [4.78, 5) is -0.170. The van der Waals surface area contributed by atoms with Gasteiger partial charge in [0.15, 0.2) is 11.6 Å². The molecule has 0 unspecified atom stereocenters. The zero-order chi connectivity index (χ0) is 27.2. The monoisotopic (exact) mass is 561 g/mol. The Morgan fingerprint density at radius 3 is 2.42 bits per heavy atom. The van der Waals surface area contributed by atoms with Crippen LogP contribution in [0.2, 0.25) is 0 Å². The Morgan fingerprint density at radius 1 is 1.03 bits per heavy atom. The van der Waals surface area contributed by atoms with E-state index >= 15 is 8.78 Å². The van der Waals surface area contributed by atoms with Gasteiger partial charge in [0, 0.05) is 36.3 Å². The second kappa shape index (κ2) is 9.46. The number of fused-ring (bicyclic) bond motifs is 1. The number of halogens is 3. The molecule has 3 aromatic carbocycles. The number of ether oxygens (including phenoxy) is 1. The standard InChI is InChI=1S/C25H18F3N3O5S2/c26-21-8-7-17(13-16(21)14-29)36-25-20(15-30-10-4-12-37(30,32)33)19-9-11-31(24(19)22(27)23(25)28)38(34,35)18-5-2-1-3-6-18/h1-3,5-9,11,13H,4,10,12,15H2. The van der Waals surface area contributed by atoms with Gasteiger partial charge in [0.2, 0.25) is 15.8 Å². The van der Waals surface area contributed by atoms with Crippen LogP contribution < -0.4 is 4.74 Å². The highest BCUT2D eigenvalue weighted by atomic mass is 32.2. The highest BCUT2D eigenvalue weighted by molar-refractivity contribution is 7.90. The van der Waals surface area contributed by atoms with E-state index in [1.807, 2.05) is 0 Å². The van der Waals surface area contributed by atoms with Gasteiger partial charge in [-0.25, -0.2) is 29.6 Å². The number of aromatic nitrogens is 1. The molecular weight excluding hydrogens is 543 g/mol. The molecule has 1 saturated heterocycles. The van der Waals surface area contributed by atoms with Gasteiger partial charge in [-0.2, -0.15) is 14.0 Å². The third kappa shape index (κ3) is 4.30. The summed E-state index contributed by atoms with van der Waals surface area (Å²) in [7, 11) is -8.06. The third-order valence-electron chi connectivity index (χ3n) is 6.17. The molecule has 2 heterocycles. The minimum atomic E-state index is -4.35. The van der Waals surface area contributed by atoms with Crippen molar-refractivity contribution in [1.29, 1.82) is 5.26 Å². The molecule has 0 saturated carbocycles. The van der Waals surface area contributed by atoms with Crippen molar-refractivity contribution < 1.29 is 34.7 Å². The minimum Gasteiger partial charge on any atom is -0.454 e. The molecule has 38 heavy (non-hydrogen) atoms. The molecular formula is C25H18F3N3O5S2. The van der Waals surface area contributed by atoms with Crippen molar-refractivity contribution in [3.8, 4) is 17.6 Å². The lowest BCUT2D eigenvalue weighted by Crippen LogP contribution is -2.25. The van der Waals surface area contributed by atoms with Crippen LogP contribution in [-0.2, 0) is 26.6 Å². The average Bonchev–Trinajstić information content (AvgIpc) is 3.49. The number of rotatable bonds is 6. The van der Waals surface area contributed by atoms with Crippen molar-refractivity contribution in [2.75, 3.05) is 12.3 Å². The van der Waals surface area contributed by atoms with E-state index in [1.165, 1.54) is 30.3 Å². The highest BCUT2D eigenvalue weighted by Crippen LogP contribution is 2.40. The molecule has 8 nitrogen and oxygen atoms in total. The van der Waals surface area contributed by atoms with Crippen LogP contribution in [0, 0.1) is 28.8 Å². The topological polar surface area (TPSA) is 109 Å². The fourth-order valence-electron chi connectivity index (χ4n) is 4.32. The first-order valence-corrected chi connectivity index (χ1v) is 14.3. The van der Waals surface area contributed by atoms with Crippen LogP contribution in [0.15, 0.2) is 65.7 Å². The van der Waals surface area contributed by atoms with Crippen LogP contribution in [0.4, 0.5) is 13.2 Å². The summed E-state index contributed by atoms with van der Waals surface area (Å²) in [5.74, 6) is -5.02. The van der Waals surface area contributed by atoms with E-state index in [2.05, 4.69) is 0 Å². The van der Waals surface area contributed by atoms with Crippen molar-refractivity contribution in [3.63, 3.8) is 0 Å². The summed E-state index contributed by atoms with van der Waals surface area (Å²) < 4.78 is 104. The SMILES string of the molecule is N#Cc1cc(Oc2c(F)c(F)c3c(ccn3S(=O)(=O)c3ccccc3)c2CN2CCCS2(=O)=O)ccc1F. The van der Waals surface area contributed by atoms with Gasteiger partial charge < -0.3 is 4.74 Å². The summed E-state index contributed by atoms with van der Waals surface area (Å²) in [6.45, 7) is -0.326. The van der Waals surface area contributed by atoms with E-state index < -0.39 is 60.9 Å². The van der Waals surface area contributed by atoms with Gasteiger partial charge in [-0.3, -0.25) is 0 Å². The smallest absolute Gasteiger partial charge is 0.268 e. The van der Waals surface area contributed by atoms with Gasteiger partial charge >= 0.3 is 0 Å². The molecule has 5 rings (SSSR count). The maximum atomic E-state index is 15.6. The Bertz CT molecular complexity index is 1830. The first-order valence-electron chi connectivity index (χ1n) is 11.2. The summed E-state index contributed by atoms with van der Waals surface area (Å²) in [5, 5.41) is 9.02. The van der Waals surface area contributed by atoms with Crippen molar-refractivity contribution in [2.24, 2.45) is 0 Å². The quantitative estimate of drug-likeness (QED) is 0.343. The molecule has 1 aliphatic rings. The Morgan fingerprint density at radius 2 is 1.76 bits per heavy atom. The molecule has 0 amide bonds. The molecule has 0 aliphatic carbocycles.